The van der Waals surface area contributed by atoms with E-state index in [2.05, 4.69) is 10.8 Å². The van der Waals surface area contributed by atoms with E-state index in [-0.39, 0.29) is 6.61 Å². The van der Waals surface area contributed by atoms with E-state index in [1.54, 1.807) is 6.92 Å². The molecular weight excluding hydrogens is 239 g/mol. The molecule has 1 rings (SSSR count). The van der Waals surface area contributed by atoms with Crippen LogP contribution in [0.15, 0.2) is 0 Å². The smallest absolute Gasteiger partial charge is 0.245 e. The van der Waals surface area contributed by atoms with Gasteiger partial charge >= 0.3 is 0 Å². The second-order valence-electron chi connectivity index (χ2n) is 3.87. The maximum atomic E-state index is 9.68. The second-order valence-corrected chi connectivity index (χ2v) is 5.45. The third kappa shape index (κ3) is 3.51. The Labute approximate surface area is 93.1 Å². The van der Waals surface area contributed by atoms with Gasteiger partial charge in [-0.05, 0) is 6.30 Å². The fourth-order valence-corrected chi connectivity index (χ4v) is 1.86. The predicted octanol–water partition coefficient (Wildman–Crippen LogP) is -1.74. The lowest BCUT2D eigenvalue weighted by Crippen LogP contribution is -2.54. The van der Waals surface area contributed by atoms with Crippen LogP contribution in [-0.2, 0) is 9.26 Å². The lowest BCUT2D eigenvalue weighted by molar-refractivity contribution is -0.269. The number of ether oxygens (including phenoxy) is 1. The number of aliphatic hydroxyl groups is 3. The van der Waals surface area contributed by atoms with E-state index in [0.29, 0.717) is 0 Å². The second kappa shape index (κ2) is 5.12. The van der Waals surface area contributed by atoms with Crippen LogP contribution in [-0.4, -0.2) is 62.6 Å². The van der Waals surface area contributed by atoms with Gasteiger partial charge in [-0.1, -0.05) is 6.92 Å². The minimum absolute atomic E-state index is 0.320. The Morgan fingerprint density at radius 3 is 2.31 bits per heavy atom. The summed E-state index contributed by atoms with van der Waals surface area (Å²) in [6, 6.07) is 0. The van der Waals surface area contributed by atoms with Crippen LogP contribution in [0, 0.1) is 5.92 Å². The van der Waals surface area contributed by atoms with Crippen LogP contribution < -0.4 is 0 Å². The summed E-state index contributed by atoms with van der Waals surface area (Å²) in [5.41, 5.74) is 0. The fraction of sp³-hybridized carbons (Fsp3) is 0.875. The first kappa shape index (κ1) is 14.1. The first-order chi connectivity index (χ1) is 7.22. The number of hydrogen-bond acceptors (Lipinski definition) is 7. The van der Waals surface area contributed by atoms with Crippen LogP contribution in [0.3, 0.4) is 0 Å². The molecule has 0 spiro atoms. The van der Waals surface area contributed by atoms with E-state index < -0.39 is 38.1 Å². The zero-order valence-corrected chi connectivity index (χ0v) is 9.70. The van der Waals surface area contributed by atoms with Crippen molar-refractivity contribution in [3.8, 4) is 0 Å². The van der Waals surface area contributed by atoms with Crippen molar-refractivity contribution < 1.29 is 34.4 Å². The summed E-state index contributed by atoms with van der Waals surface area (Å²) in [5, 5.41) is 28.4. The highest BCUT2D eigenvalue weighted by Crippen LogP contribution is 2.36. The van der Waals surface area contributed by atoms with E-state index in [0.717, 1.165) is 0 Å². The predicted molar refractivity (Wildman–Crippen MR) is 56.5 cm³/mol. The number of rotatable bonds is 3. The zero-order chi connectivity index (χ0) is 12.5. The Morgan fingerprint density at radius 2 is 1.81 bits per heavy atom. The van der Waals surface area contributed by atoms with Gasteiger partial charge in [0.05, 0.1) is 12.7 Å². The van der Waals surface area contributed by atoms with Gasteiger partial charge in [0, 0.05) is 5.92 Å². The molecular formula is C8H17O7P. The first-order valence-corrected chi connectivity index (χ1v) is 6.55. The SMILES string of the molecule is C=P(O)(O)OC[C@H]1O[C@H](O)[C@@H](O)[C@@H](C)[C@@H]1O. The summed E-state index contributed by atoms with van der Waals surface area (Å²) in [6.45, 7) is 1.22. The van der Waals surface area contributed by atoms with Gasteiger partial charge in [0.2, 0.25) is 7.57 Å². The first-order valence-electron chi connectivity index (χ1n) is 4.75. The van der Waals surface area contributed by atoms with Gasteiger partial charge in [-0.2, -0.15) is 0 Å². The molecule has 8 heteroatoms. The average molecular weight is 256 g/mol. The van der Waals surface area contributed by atoms with Gasteiger partial charge in [0.25, 0.3) is 0 Å². The largest absolute Gasteiger partial charge is 0.390 e. The number of aliphatic hydroxyl groups excluding tert-OH is 3. The molecule has 0 radical (unpaired) electrons. The summed E-state index contributed by atoms with van der Waals surface area (Å²) in [6.07, 6.45) is -1.63. The molecule has 96 valence electrons. The molecule has 7 nitrogen and oxygen atoms in total. The van der Waals surface area contributed by atoms with Crippen molar-refractivity contribution in [1.82, 2.24) is 0 Å². The van der Waals surface area contributed by atoms with Crippen LogP contribution in [0.4, 0.5) is 0 Å². The lowest BCUT2D eigenvalue weighted by atomic mass is 9.91. The van der Waals surface area contributed by atoms with Crippen molar-refractivity contribution in [2.24, 2.45) is 5.92 Å². The van der Waals surface area contributed by atoms with E-state index in [1.807, 2.05) is 0 Å². The minimum Gasteiger partial charge on any atom is -0.390 e. The van der Waals surface area contributed by atoms with Crippen LogP contribution in [0.2, 0.25) is 0 Å². The Balaban J connectivity index is 2.57. The molecule has 5 atom stereocenters. The lowest BCUT2D eigenvalue weighted by Gasteiger charge is -2.39. The Morgan fingerprint density at radius 1 is 1.25 bits per heavy atom. The molecule has 0 bridgehead atoms. The average Bonchev–Trinajstić information content (AvgIpc) is 2.17. The maximum Gasteiger partial charge on any atom is 0.245 e. The molecule has 0 aromatic rings. The highest BCUT2D eigenvalue weighted by molar-refractivity contribution is 7.57. The van der Waals surface area contributed by atoms with Crippen LogP contribution in [0.5, 0.6) is 0 Å². The Bertz CT molecular complexity index is 278. The van der Waals surface area contributed by atoms with Crippen molar-refractivity contribution in [1.29, 1.82) is 0 Å². The van der Waals surface area contributed by atoms with Gasteiger partial charge in [0.1, 0.15) is 12.2 Å². The summed E-state index contributed by atoms with van der Waals surface area (Å²) < 4.78 is 9.48. The summed E-state index contributed by atoms with van der Waals surface area (Å²) >= 11 is 0. The molecule has 0 unspecified atom stereocenters. The molecule has 16 heavy (non-hydrogen) atoms. The Kier molecular flexibility index (Phi) is 4.50. The van der Waals surface area contributed by atoms with Crippen LogP contribution >= 0.6 is 7.57 Å². The summed E-state index contributed by atoms with van der Waals surface area (Å²) in [7, 11) is -3.65. The summed E-state index contributed by atoms with van der Waals surface area (Å²) in [4.78, 5) is 17.8. The van der Waals surface area contributed by atoms with Crippen molar-refractivity contribution in [2.75, 3.05) is 6.61 Å². The monoisotopic (exact) mass is 256 g/mol. The van der Waals surface area contributed by atoms with Crippen molar-refractivity contribution in [3.63, 3.8) is 0 Å². The van der Waals surface area contributed by atoms with Gasteiger partial charge < -0.3 is 34.4 Å². The third-order valence-corrected chi connectivity index (χ3v) is 3.07. The fourth-order valence-electron chi connectivity index (χ4n) is 1.47. The van der Waals surface area contributed by atoms with Crippen molar-refractivity contribution >= 4 is 13.9 Å². The molecule has 1 heterocycles. The molecule has 1 aliphatic rings. The van der Waals surface area contributed by atoms with Crippen molar-refractivity contribution in [3.05, 3.63) is 0 Å². The molecule has 0 amide bonds. The van der Waals surface area contributed by atoms with Gasteiger partial charge in [0.15, 0.2) is 6.29 Å². The van der Waals surface area contributed by atoms with Gasteiger partial charge in [-0.3, -0.25) is 0 Å². The van der Waals surface area contributed by atoms with E-state index >= 15 is 0 Å². The Hall–Kier alpha value is 0.0200. The molecule has 1 saturated heterocycles. The summed E-state index contributed by atoms with van der Waals surface area (Å²) in [5.74, 6) is -0.604. The molecule has 0 aliphatic carbocycles. The minimum atomic E-state index is -3.65. The number of hydrogen-bond donors (Lipinski definition) is 5. The van der Waals surface area contributed by atoms with Crippen molar-refractivity contribution in [2.45, 2.75) is 31.5 Å². The van der Waals surface area contributed by atoms with E-state index in [1.165, 1.54) is 0 Å². The standard InChI is InChI=1S/C8H17O7P/c1-4-6(9)5(3-14-16(2,12)13)15-8(11)7(4)10/h4-13H,2-3H2,1H3/t4-,5+,6-,7-,8-/m0/s1. The molecule has 5 N–H and O–H groups in total. The normalized spacial score (nSPS) is 41.0. The topological polar surface area (TPSA) is 120 Å². The van der Waals surface area contributed by atoms with E-state index in [9.17, 15) is 15.3 Å². The quantitative estimate of drug-likeness (QED) is 0.380. The molecule has 0 saturated carbocycles. The van der Waals surface area contributed by atoms with Gasteiger partial charge in [-0.15, -0.1) is 0 Å². The van der Waals surface area contributed by atoms with Crippen LogP contribution in [0.1, 0.15) is 6.92 Å². The maximum absolute atomic E-state index is 9.68. The van der Waals surface area contributed by atoms with E-state index in [4.69, 9.17) is 14.5 Å². The van der Waals surface area contributed by atoms with Gasteiger partial charge in [-0.25, -0.2) is 0 Å². The third-order valence-electron chi connectivity index (χ3n) is 2.51. The molecule has 1 fully saturated rings. The zero-order valence-electron chi connectivity index (χ0n) is 8.80. The molecule has 1 aliphatic heterocycles. The highest BCUT2D eigenvalue weighted by Gasteiger charge is 2.41. The molecule has 0 aromatic carbocycles. The highest BCUT2D eigenvalue weighted by atomic mass is 31.2. The van der Waals surface area contributed by atoms with Crippen LogP contribution in [0.25, 0.3) is 0 Å². The molecule has 0 aromatic heterocycles.